The van der Waals surface area contributed by atoms with Crippen LogP contribution >= 0.6 is 11.3 Å². The molecule has 0 fully saturated rings. The number of hydrogen-bond donors (Lipinski definition) is 1. The van der Waals surface area contributed by atoms with E-state index in [1.165, 1.54) is 17.0 Å². The molecule has 0 saturated carbocycles. The molecule has 0 saturated heterocycles. The average molecular weight is 298 g/mol. The van der Waals surface area contributed by atoms with Crippen LogP contribution in [0.2, 0.25) is 0 Å². The van der Waals surface area contributed by atoms with Crippen LogP contribution in [0.15, 0.2) is 0 Å². The summed E-state index contributed by atoms with van der Waals surface area (Å²) in [4.78, 5) is 6.26. The van der Waals surface area contributed by atoms with Crippen LogP contribution in [-0.2, 0) is 11.3 Å². The van der Waals surface area contributed by atoms with Gasteiger partial charge in [0.1, 0.15) is 11.1 Å². The van der Waals surface area contributed by atoms with Gasteiger partial charge in [-0.05, 0) is 32.2 Å². The number of aromatic nitrogens is 1. The Morgan fingerprint density at radius 1 is 1.20 bits per heavy atom. The van der Waals surface area contributed by atoms with Crippen LogP contribution in [0, 0.1) is 0 Å². The van der Waals surface area contributed by atoms with E-state index < -0.39 is 0 Å². The van der Waals surface area contributed by atoms with E-state index in [1.54, 1.807) is 0 Å². The maximum Gasteiger partial charge on any atom is 0.122 e. The van der Waals surface area contributed by atoms with Gasteiger partial charge < -0.3 is 10.1 Å². The van der Waals surface area contributed by atoms with Crippen LogP contribution in [0.3, 0.4) is 0 Å². The third-order valence-corrected chi connectivity index (χ3v) is 4.36. The first-order chi connectivity index (χ1) is 9.63. The second kappa shape index (κ2) is 9.48. The quantitative estimate of drug-likeness (QED) is 0.639. The van der Waals surface area contributed by atoms with E-state index in [1.807, 2.05) is 11.3 Å². The highest BCUT2D eigenvalue weighted by molar-refractivity contribution is 7.11. The Labute approximate surface area is 128 Å². The van der Waals surface area contributed by atoms with Crippen molar-refractivity contribution in [1.82, 2.24) is 10.3 Å². The van der Waals surface area contributed by atoms with Gasteiger partial charge in [-0.1, -0.05) is 34.1 Å². The van der Waals surface area contributed by atoms with E-state index in [0.717, 1.165) is 37.5 Å². The van der Waals surface area contributed by atoms with Crippen molar-refractivity contribution >= 4 is 11.3 Å². The molecule has 1 aromatic heterocycles. The van der Waals surface area contributed by atoms with Crippen molar-refractivity contribution in [2.45, 2.75) is 72.4 Å². The highest BCUT2D eigenvalue weighted by atomic mass is 32.1. The monoisotopic (exact) mass is 298 g/mol. The van der Waals surface area contributed by atoms with Crippen LogP contribution in [0.25, 0.3) is 0 Å². The van der Waals surface area contributed by atoms with Gasteiger partial charge >= 0.3 is 0 Å². The predicted octanol–water partition coefficient (Wildman–Crippen LogP) is 4.64. The van der Waals surface area contributed by atoms with Crippen LogP contribution in [0.1, 0.15) is 81.5 Å². The highest BCUT2D eigenvalue weighted by Crippen LogP contribution is 2.32. The Balaban J connectivity index is 2.88. The molecule has 0 aliphatic carbocycles. The van der Waals surface area contributed by atoms with E-state index in [-0.39, 0.29) is 6.10 Å². The number of rotatable bonds is 10. The van der Waals surface area contributed by atoms with E-state index in [2.05, 4.69) is 39.9 Å². The molecule has 0 bridgehead atoms. The molecule has 0 aromatic carbocycles. The van der Waals surface area contributed by atoms with Gasteiger partial charge in [-0.2, -0.15) is 0 Å². The lowest BCUT2D eigenvalue weighted by atomic mass is 10.1. The minimum atomic E-state index is 0.174. The van der Waals surface area contributed by atoms with Crippen molar-refractivity contribution in [2.75, 3.05) is 13.2 Å². The van der Waals surface area contributed by atoms with Gasteiger partial charge in [-0.3, -0.25) is 0 Å². The number of thiazole rings is 1. The highest BCUT2D eigenvalue weighted by Gasteiger charge is 2.20. The molecule has 0 amide bonds. The number of nitrogens with zero attached hydrogens (tertiary/aromatic N) is 1. The Morgan fingerprint density at radius 2 is 1.95 bits per heavy atom. The second-order valence-corrected chi connectivity index (χ2v) is 6.54. The molecule has 20 heavy (non-hydrogen) atoms. The fourth-order valence-electron chi connectivity index (χ4n) is 2.22. The largest absolute Gasteiger partial charge is 0.371 e. The lowest BCUT2D eigenvalue weighted by molar-refractivity contribution is 0.0554. The molecule has 1 N–H and O–H groups in total. The maximum absolute atomic E-state index is 5.87. The van der Waals surface area contributed by atoms with Crippen molar-refractivity contribution in [3.05, 3.63) is 15.6 Å². The minimum Gasteiger partial charge on any atom is -0.371 e. The van der Waals surface area contributed by atoms with Crippen LogP contribution in [-0.4, -0.2) is 18.1 Å². The maximum atomic E-state index is 5.87. The first-order valence-electron chi connectivity index (χ1n) is 7.95. The van der Waals surface area contributed by atoms with Crippen LogP contribution in [0.5, 0.6) is 0 Å². The average Bonchev–Trinajstić information content (AvgIpc) is 2.83. The van der Waals surface area contributed by atoms with E-state index in [9.17, 15) is 0 Å². The zero-order chi connectivity index (χ0) is 15.0. The second-order valence-electron chi connectivity index (χ2n) is 5.42. The molecule has 0 radical (unpaired) electrons. The molecule has 0 spiro atoms. The summed E-state index contributed by atoms with van der Waals surface area (Å²) in [5, 5.41) is 4.65. The summed E-state index contributed by atoms with van der Waals surface area (Å²) in [5.74, 6) is 0.474. The summed E-state index contributed by atoms with van der Waals surface area (Å²) >= 11 is 1.83. The van der Waals surface area contributed by atoms with Gasteiger partial charge in [0.2, 0.25) is 0 Å². The van der Waals surface area contributed by atoms with Gasteiger partial charge in [0, 0.05) is 18.0 Å². The predicted molar refractivity (Wildman–Crippen MR) is 87.5 cm³/mol. The molecule has 1 atom stereocenters. The van der Waals surface area contributed by atoms with Crippen molar-refractivity contribution in [2.24, 2.45) is 0 Å². The standard InChI is InChI=1S/C16H30N2OS/c1-6-9-13(19-8-3)16-18-15(12(4)5)14(20-16)11-17-10-7-2/h12-13,17H,6-11H2,1-5H3. The fraction of sp³-hybridized carbons (Fsp3) is 0.812. The van der Waals surface area contributed by atoms with Crippen molar-refractivity contribution in [3.63, 3.8) is 0 Å². The Hall–Kier alpha value is -0.450. The smallest absolute Gasteiger partial charge is 0.122 e. The van der Waals surface area contributed by atoms with Gasteiger partial charge in [-0.25, -0.2) is 4.98 Å². The van der Waals surface area contributed by atoms with E-state index >= 15 is 0 Å². The summed E-state index contributed by atoms with van der Waals surface area (Å²) in [6, 6.07) is 0. The summed E-state index contributed by atoms with van der Waals surface area (Å²) in [5.41, 5.74) is 1.24. The van der Waals surface area contributed by atoms with Crippen molar-refractivity contribution in [1.29, 1.82) is 0 Å². The van der Waals surface area contributed by atoms with Crippen LogP contribution < -0.4 is 5.32 Å². The lowest BCUT2D eigenvalue weighted by Crippen LogP contribution is -2.14. The van der Waals surface area contributed by atoms with Crippen LogP contribution in [0.4, 0.5) is 0 Å². The zero-order valence-electron chi connectivity index (χ0n) is 13.7. The summed E-state index contributed by atoms with van der Waals surface area (Å²) in [6.45, 7) is 13.6. The molecule has 1 heterocycles. The van der Waals surface area contributed by atoms with E-state index in [4.69, 9.17) is 9.72 Å². The number of hydrogen-bond acceptors (Lipinski definition) is 4. The van der Waals surface area contributed by atoms with Gasteiger partial charge in [0.15, 0.2) is 0 Å². The molecule has 116 valence electrons. The number of ether oxygens (including phenoxy) is 1. The Bertz CT molecular complexity index is 371. The zero-order valence-corrected chi connectivity index (χ0v) is 14.5. The van der Waals surface area contributed by atoms with E-state index in [0.29, 0.717) is 5.92 Å². The molecular weight excluding hydrogens is 268 g/mol. The first-order valence-corrected chi connectivity index (χ1v) is 8.77. The summed E-state index contributed by atoms with van der Waals surface area (Å²) in [7, 11) is 0. The lowest BCUT2D eigenvalue weighted by Gasteiger charge is -2.13. The molecule has 1 aromatic rings. The SMILES string of the molecule is CCCNCc1sc(C(CCC)OCC)nc1C(C)C. The third kappa shape index (κ3) is 5.15. The van der Waals surface area contributed by atoms with Crippen molar-refractivity contribution < 1.29 is 4.74 Å². The Morgan fingerprint density at radius 3 is 2.50 bits per heavy atom. The van der Waals surface area contributed by atoms with Gasteiger partial charge in [-0.15, -0.1) is 11.3 Å². The summed E-state index contributed by atoms with van der Waals surface area (Å²) in [6.07, 6.45) is 3.53. The molecule has 4 heteroatoms. The normalized spacial score (nSPS) is 13.1. The molecular formula is C16H30N2OS. The topological polar surface area (TPSA) is 34.1 Å². The third-order valence-electron chi connectivity index (χ3n) is 3.20. The number of nitrogens with one attached hydrogen (secondary N) is 1. The van der Waals surface area contributed by atoms with Gasteiger partial charge in [0.25, 0.3) is 0 Å². The van der Waals surface area contributed by atoms with Gasteiger partial charge in [0.05, 0.1) is 5.69 Å². The molecule has 3 nitrogen and oxygen atoms in total. The minimum absolute atomic E-state index is 0.174. The Kier molecular flexibility index (Phi) is 8.34. The molecule has 0 aliphatic rings. The first kappa shape index (κ1) is 17.6. The summed E-state index contributed by atoms with van der Waals surface area (Å²) < 4.78 is 5.87. The fourth-order valence-corrected chi connectivity index (χ4v) is 3.49. The molecule has 0 aliphatic heterocycles. The van der Waals surface area contributed by atoms with Crippen molar-refractivity contribution in [3.8, 4) is 0 Å². The molecule has 1 unspecified atom stereocenters. The molecule has 1 rings (SSSR count).